The summed E-state index contributed by atoms with van der Waals surface area (Å²) in [5.74, 6) is 2.39. The molecule has 1 aliphatic heterocycles. The van der Waals surface area contributed by atoms with Gasteiger partial charge in [0.25, 0.3) is 0 Å². The highest BCUT2D eigenvalue weighted by atomic mass is 32.2. The van der Waals surface area contributed by atoms with E-state index in [-0.39, 0.29) is 0 Å². The minimum atomic E-state index is 1.01. The van der Waals surface area contributed by atoms with Crippen LogP contribution in [0.5, 0.6) is 0 Å². The smallest absolute Gasteiger partial charge is 0.138 e. The third kappa shape index (κ3) is 2.83. The molecular formula is C18H19N3S2. The minimum Gasteiger partial charge on any atom is -0.359 e. The molecule has 2 aromatic heterocycles. The Morgan fingerprint density at radius 3 is 2.61 bits per heavy atom. The van der Waals surface area contributed by atoms with Gasteiger partial charge in [0.05, 0.1) is 0 Å². The van der Waals surface area contributed by atoms with Gasteiger partial charge >= 0.3 is 0 Å². The van der Waals surface area contributed by atoms with Crippen LogP contribution in [-0.2, 0) is 0 Å². The second-order valence-corrected chi connectivity index (χ2v) is 7.95. The predicted octanol–water partition coefficient (Wildman–Crippen LogP) is 4.53. The third-order valence-electron chi connectivity index (χ3n) is 4.44. The molecule has 3 aromatic rings. The molecule has 4 rings (SSSR count). The zero-order valence-electron chi connectivity index (χ0n) is 13.4. The van der Waals surface area contributed by atoms with Gasteiger partial charge in [0.1, 0.15) is 16.0 Å². The lowest BCUT2D eigenvalue weighted by Gasteiger charge is -2.26. The fourth-order valence-electron chi connectivity index (χ4n) is 2.88. The average Bonchev–Trinajstić information content (AvgIpc) is 3.01. The first kappa shape index (κ1) is 15.0. The highest BCUT2D eigenvalue weighted by molar-refractivity contribution is 7.99. The molecule has 3 heterocycles. The SMILES string of the molecule is Cc1ccc(-c2cnc3c(N4CCSCC4)snc3c2)cc1C. The van der Waals surface area contributed by atoms with E-state index in [1.54, 1.807) is 11.5 Å². The monoisotopic (exact) mass is 341 g/mol. The van der Waals surface area contributed by atoms with Crippen molar-refractivity contribution in [1.29, 1.82) is 0 Å². The van der Waals surface area contributed by atoms with Crippen LogP contribution in [0.15, 0.2) is 30.5 Å². The summed E-state index contributed by atoms with van der Waals surface area (Å²) in [7, 11) is 0. The van der Waals surface area contributed by atoms with E-state index in [1.165, 1.54) is 33.2 Å². The molecule has 0 bridgehead atoms. The van der Waals surface area contributed by atoms with Crippen molar-refractivity contribution in [2.45, 2.75) is 13.8 Å². The molecule has 0 N–H and O–H groups in total. The first-order valence-electron chi connectivity index (χ1n) is 7.88. The van der Waals surface area contributed by atoms with Crippen molar-refractivity contribution >= 4 is 39.3 Å². The summed E-state index contributed by atoms with van der Waals surface area (Å²) in [6, 6.07) is 8.74. The fourth-order valence-corrected chi connectivity index (χ4v) is 4.64. The Morgan fingerprint density at radius 2 is 1.83 bits per heavy atom. The number of hydrogen-bond donors (Lipinski definition) is 0. The number of aromatic nitrogens is 2. The summed E-state index contributed by atoms with van der Waals surface area (Å²) < 4.78 is 4.65. The van der Waals surface area contributed by atoms with Crippen LogP contribution < -0.4 is 4.90 Å². The summed E-state index contributed by atoms with van der Waals surface area (Å²) in [4.78, 5) is 7.17. The molecule has 1 saturated heterocycles. The molecule has 5 heteroatoms. The van der Waals surface area contributed by atoms with Crippen LogP contribution in [0.2, 0.25) is 0 Å². The first-order chi connectivity index (χ1) is 11.2. The highest BCUT2D eigenvalue weighted by Gasteiger charge is 2.18. The molecule has 0 spiro atoms. The van der Waals surface area contributed by atoms with E-state index in [0.717, 1.165) is 29.7 Å². The number of nitrogens with zero attached hydrogens (tertiary/aromatic N) is 3. The Kier molecular flexibility index (Phi) is 3.99. The predicted molar refractivity (Wildman–Crippen MR) is 102 cm³/mol. The van der Waals surface area contributed by atoms with Crippen LogP contribution in [0.3, 0.4) is 0 Å². The molecule has 0 aliphatic carbocycles. The van der Waals surface area contributed by atoms with Crippen molar-refractivity contribution < 1.29 is 0 Å². The number of pyridine rings is 1. The fraction of sp³-hybridized carbons (Fsp3) is 0.333. The van der Waals surface area contributed by atoms with Crippen LogP contribution in [0.1, 0.15) is 11.1 Å². The standard InChI is InChI=1S/C18H19N3S2/c1-12-3-4-14(9-13(12)2)15-10-16-17(19-11-15)18(23-20-16)21-5-7-22-8-6-21/h3-4,9-11H,5-8H2,1-2H3. The molecule has 1 aromatic carbocycles. The van der Waals surface area contributed by atoms with Gasteiger partial charge in [-0.15, -0.1) is 0 Å². The molecule has 0 amide bonds. The van der Waals surface area contributed by atoms with Crippen molar-refractivity contribution in [3.05, 3.63) is 41.6 Å². The van der Waals surface area contributed by atoms with E-state index in [1.807, 2.05) is 18.0 Å². The van der Waals surface area contributed by atoms with Crippen LogP contribution in [0.4, 0.5) is 5.00 Å². The number of thioether (sulfide) groups is 1. The summed E-state index contributed by atoms with van der Waals surface area (Å²) in [5, 5.41) is 1.23. The van der Waals surface area contributed by atoms with Gasteiger partial charge in [-0.25, -0.2) is 0 Å². The third-order valence-corrected chi connectivity index (χ3v) is 6.29. The van der Waals surface area contributed by atoms with Gasteiger partial charge in [-0.1, -0.05) is 18.2 Å². The summed E-state index contributed by atoms with van der Waals surface area (Å²) >= 11 is 3.61. The average molecular weight is 342 g/mol. The summed E-state index contributed by atoms with van der Waals surface area (Å²) in [6.45, 7) is 6.50. The molecule has 3 nitrogen and oxygen atoms in total. The zero-order valence-corrected chi connectivity index (χ0v) is 15.0. The van der Waals surface area contributed by atoms with Crippen molar-refractivity contribution in [3.63, 3.8) is 0 Å². The van der Waals surface area contributed by atoms with Gasteiger partial charge in [0.2, 0.25) is 0 Å². The van der Waals surface area contributed by atoms with Crippen LogP contribution >= 0.6 is 23.3 Å². The quantitative estimate of drug-likeness (QED) is 0.685. The Morgan fingerprint density at radius 1 is 1.00 bits per heavy atom. The second kappa shape index (κ2) is 6.13. The van der Waals surface area contributed by atoms with Gasteiger partial charge in [0.15, 0.2) is 0 Å². The Labute approximate surface area is 144 Å². The maximum absolute atomic E-state index is 4.74. The van der Waals surface area contributed by atoms with Crippen LogP contribution in [0, 0.1) is 13.8 Å². The highest BCUT2D eigenvalue weighted by Crippen LogP contribution is 2.33. The van der Waals surface area contributed by atoms with Crippen molar-refractivity contribution in [3.8, 4) is 11.1 Å². The number of benzene rings is 1. The number of anilines is 1. The molecule has 1 aliphatic rings. The number of hydrogen-bond acceptors (Lipinski definition) is 5. The maximum Gasteiger partial charge on any atom is 0.138 e. The van der Waals surface area contributed by atoms with Crippen molar-refractivity contribution in [2.24, 2.45) is 0 Å². The van der Waals surface area contributed by atoms with E-state index in [2.05, 4.69) is 47.4 Å². The second-order valence-electron chi connectivity index (χ2n) is 5.98. The number of fused-ring (bicyclic) bond motifs is 1. The zero-order chi connectivity index (χ0) is 15.8. The lowest BCUT2D eigenvalue weighted by molar-refractivity contribution is 0.870. The molecule has 0 radical (unpaired) electrons. The number of rotatable bonds is 2. The van der Waals surface area contributed by atoms with E-state index >= 15 is 0 Å². The first-order valence-corrected chi connectivity index (χ1v) is 9.81. The van der Waals surface area contributed by atoms with Gasteiger partial charge in [0, 0.05) is 36.4 Å². The van der Waals surface area contributed by atoms with Gasteiger partial charge in [-0.05, 0) is 48.1 Å². The Balaban J connectivity index is 1.72. The lowest BCUT2D eigenvalue weighted by Crippen LogP contribution is -2.31. The molecule has 0 saturated carbocycles. The molecule has 118 valence electrons. The van der Waals surface area contributed by atoms with Crippen molar-refractivity contribution in [1.82, 2.24) is 9.36 Å². The van der Waals surface area contributed by atoms with E-state index < -0.39 is 0 Å². The minimum absolute atomic E-state index is 1.01. The Hall–Kier alpha value is -1.59. The maximum atomic E-state index is 4.74. The largest absolute Gasteiger partial charge is 0.359 e. The topological polar surface area (TPSA) is 29.0 Å². The van der Waals surface area contributed by atoms with Crippen LogP contribution in [0.25, 0.3) is 22.2 Å². The summed E-state index contributed by atoms with van der Waals surface area (Å²) in [5.41, 5.74) is 7.06. The van der Waals surface area contributed by atoms with E-state index in [0.29, 0.717) is 0 Å². The lowest BCUT2D eigenvalue weighted by atomic mass is 10.0. The normalized spacial score (nSPS) is 15.3. The molecular weight excluding hydrogens is 322 g/mol. The van der Waals surface area contributed by atoms with Crippen molar-refractivity contribution in [2.75, 3.05) is 29.5 Å². The summed E-state index contributed by atoms with van der Waals surface area (Å²) in [6.07, 6.45) is 1.99. The molecule has 23 heavy (non-hydrogen) atoms. The molecule has 1 fully saturated rings. The van der Waals surface area contributed by atoms with E-state index in [4.69, 9.17) is 4.98 Å². The Bertz CT molecular complexity index is 851. The molecule has 0 atom stereocenters. The van der Waals surface area contributed by atoms with E-state index in [9.17, 15) is 0 Å². The number of aryl methyl sites for hydroxylation is 2. The molecule has 0 unspecified atom stereocenters. The van der Waals surface area contributed by atoms with Gasteiger partial charge < -0.3 is 4.90 Å². The van der Waals surface area contributed by atoms with Gasteiger partial charge in [-0.3, -0.25) is 4.98 Å². The van der Waals surface area contributed by atoms with Crippen LogP contribution in [-0.4, -0.2) is 34.0 Å². The van der Waals surface area contributed by atoms with Gasteiger partial charge in [-0.2, -0.15) is 16.1 Å².